The number of carbonyl (C=O) groups excluding carboxylic acids is 2. The van der Waals surface area contributed by atoms with Gasteiger partial charge in [-0.2, -0.15) is 9.40 Å². The maximum absolute atomic E-state index is 12.7. The third-order valence-electron chi connectivity index (χ3n) is 4.95. The number of esters is 1. The molecule has 1 amide bonds. The zero-order chi connectivity index (χ0) is 24.2. The number of anilines is 1. The minimum Gasteiger partial charge on any atom is -0.451 e. The second-order valence-electron chi connectivity index (χ2n) is 7.06. The summed E-state index contributed by atoms with van der Waals surface area (Å²) in [7, 11) is -2.27. The molecule has 0 aliphatic heterocycles. The van der Waals surface area contributed by atoms with Gasteiger partial charge in [0.2, 0.25) is 10.0 Å². The van der Waals surface area contributed by atoms with Crippen LogP contribution >= 0.6 is 0 Å². The van der Waals surface area contributed by atoms with Crippen LogP contribution in [0.5, 0.6) is 0 Å². The fraction of sp³-hybridized carbons (Fsp3) is 0.273. The molecule has 33 heavy (non-hydrogen) atoms. The zero-order valence-corrected chi connectivity index (χ0v) is 19.3. The Hall–Kier alpha value is -3.57. The van der Waals surface area contributed by atoms with Crippen LogP contribution in [0.3, 0.4) is 0 Å². The van der Waals surface area contributed by atoms with Gasteiger partial charge >= 0.3 is 5.97 Å². The third kappa shape index (κ3) is 5.10. The molecule has 0 unspecified atom stereocenters. The van der Waals surface area contributed by atoms with E-state index in [9.17, 15) is 22.8 Å². The molecule has 1 N–H and O–H groups in total. The topological polar surface area (TPSA) is 128 Å². The lowest BCUT2D eigenvalue weighted by molar-refractivity contribution is -0.119. The maximum atomic E-state index is 12.7. The van der Waals surface area contributed by atoms with Gasteiger partial charge in [-0.15, -0.1) is 0 Å². The van der Waals surface area contributed by atoms with E-state index in [1.807, 2.05) is 0 Å². The summed E-state index contributed by atoms with van der Waals surface area (Å²) in [5, 5.41) is 7.10. The first-order valence-corrected chi connectivity index (χ1v) is 11.7. The van der Waals surface area contributed by atoms with Gasteiger partial charge in [-0.3, -0.25) is 9.59 Å². The summed E-state index contributed by atoms with van der Waals surface area (Å²) >= 11 is 0. The first-order valence-electron chi connectivity index (χ1n) is 10.2. The number of sulfonamides is 1. The van der Waals surface area contributed by atoms with E-state index in [0.717, 1.165) is 4.68 Å². The summed E-state index contributed by atoms with van der Waals surface area (Å²) in [5.41, 5.74) is -0.206. The van der Waals surface area contributed by atoms with Gasteiger partial charge in [0.1, 0.15) is 0 Å². The predicted octanol–water partition coefficient (Wildman–Crippen LogP) is 1.76. The van der Waals surface area contributed by atoms with Crippen LogP contribution in [0.1, 0.15) is 24.3 Å². The van der Waals surface area contributed by atoms with Crippen molar-refractivity contribution in [3.05, 3.63) is 64.6 Å². The molecule has 3 aromatic rings. The van der Waals surface area contributed by atoms with Gasteiger partial charge in [0.05, 0.1) is 10.3 Å². The van der Waals surface area contributed by atoms with Crippen molar-refractivity contribution in [3.8, 4) is 0 Å². The van der Waals surface area contributed by atoms with E-state index < -0.39 is 28.5 Å². The highest BCUT2D eigenvalue weighted by atomic mass is 32.2. The fourth-order valence-corrected chi connectivity index (χ4v) is 4.80. The molecular formula is C22H24N4O6S. The summed E-state index contributed by atoms with van der Waals surface area (Å²) in [5.74, 6) is -1.52. The van der Waals surface area contributed by atoms with Crippen LogP contribution in [-0.2, 0) is 26.6 Å². The fourth-order valence-electron chi connectivity index (χ4n) is 3.29. The number of carbonyl (C=O) groups is 2. The lowest BCUT2D eigenvalue weighted by Crippen LogP contribution is -2.30. The molecule has 0 saturated heterocycles. The van der Waals surface area contributed by atoms with E-state index in [2.05, 4.69) is 10.4 Å². The Morgan fingerprint density at radius 3 is 2.39 bits per heavy atom. The highest BCUT2D eigenvalue weighted by Crippen LogP contribution is 2.20. The van der Waals surface area contributed by atoms with E-state index in [1.54, 1.807) is 38.1 Å². The molecule has 0 atom stereocenters. The lowest BCUT2D eigenvalue weighted by atomic mass is 10.1. The molecule has 0 saturated carbocycles. The first kappa shape index (κ1) is 24.1. The van der Waals surface area contributed by atoms with Crippen LogP contribution in [0.15, 0.2) is 58.2 Å². The Morgan fingerprint density at radius 2 is 1.73 bits per heavy atom. The molecule has 0 aliphatic carbocycles. The molecule has 0 aliphatic rings. The van der Waals surface area contributed by atoms with Crippen molar-refractivity contribution in [2.45, 2.75) is 18.7 Å². The number of nitrogens with one attached hydrogen (secondary N) is 1. The van der Waals surface area contributed by atoms with Crippen LogP contribution in [0, 0.1) is 0 Å². The van der Waals surface area contributed by atoms with Crippen molar-refractivity contribution in [2.75, 3.05) is 25.0 Å². The Balaban J connectivity index is 1.72. The minimum absolute atomic E-state index is 0.0434. The van der Waals surface area contributed by atoms with Crippen molar-refractivity contribution < 1.29 is 22.7 Å². The van der Waals surface area contributed by atoms with Gasteiger partial charge < -0.3 is 10.1 Å². The monoisotopic (exact) mass is 472 g/mol. The van der Waals surface area contributed by atoms with E-state index in [4.69, 9.17) is 4.74 Å². The van der Waals surface area contributed by atoms with Gasteiger partial charge in [0, 0.05) is 31.2 Å². The van der Waals surface area contributed by atoms with Gasteiger partial charge in [-0.1, -0.05) is 38.1 Å². The van der Waals surface area contributed by atoms with E-state index in [1.165, 1.54) is 35.6 Å². The Bertz CT molecular complexity index is 1360. The second kappa shape index (κ2) is 9.92. The van der Waals surface area contributed by atoms with Crippen LogP contribution in [0.2, 0.25) is 0 Å². The van der Waals surface area contributed by atoms with Gasteiger partial charge in [0.15, 0.2) is 12.3 Å². The van der Waals surface area contributed by atoms with Crippen molar-refractivity contribution in [2.24, 2.45) is 7.05 Å². The number of fused-ring (bicyclic) bond motifs is 1. The number of benzene rings is 2. The lowest BCUT2D eigenvalue weighted by Gasteiger charge is -2.18. The molecule has 1 heterocycles. The van der Waals surface area contributed by atoms with Crippen LogP contribution in [0.4, 0.5) is 5.69 Å². The zero-order valence-electron chi connectivity index (χ0n) is 18.4. The number of nitrogens with zero attached hydrogens (tertiary/aromatic N) is 3. The summed E-state index contributed by atoms with van der Waals surface area (Å²) in [6.07, 6.45) is 0. The van der Waals surface area contributed by atoms with Gasteiger partial charge in [0.25, 0.3) is 11.5 Å². The molecule has 0 bridgehead atoms. The smallest absolute Gasteiger partial charge is 0.359 e. The number of aryl methyl sites for hydroxylation is 1. The third-order valence-corrected chi connectivity index (χ3v) is 6.99. The number of hydrogen-bond acceptors (Lipinski definition) is 7. The molecule has 0 spiro atoms. The molecule has 3 rings (SSSR count). The van der Waals surface area contributed by atoms with E-state index in [-0.39, 0.29) is 21.8 Å². The van der Waals surface area contributed by atoms with Crippen LogP contribution < -0.4 is 10.9 Å². The Kier molecular flexibility index (Phi) is 7.24. The Labute approximate surface area is 190 Å². The summed E-state index contributed by atoms with van der Waals surface area (Å²) in [6.45, 7) is 3.50. The van der Waals surface area contributed by atoms with Crippen molar-refractivity contribution in [1.82, 2.24) is 14.1 Å². The summed E-state index contributed by atoms with van der Waals surface area (Å²) < 4.78 is 32.8. The maximum Gasteiger partial charge on any atom is 0.359 e. The minimum atomic E-state index is -3.69. The van der Waals surface area contributed by atoms with Crippen LogP contribution in [0.25, 0.3) is 10.8 Å². The first-order chi connectivity index (χ1) is 15.7. The van der Waals surface area contributed by atoms with Crippen LogP contribution in [-0.4, -0.2) is 54.1 Å². The average Bonchev–Trinajstić information content (AvgIpc) is 2.80. The quantitative estimate of drug-likeness (QED) is 0.495. The number of rotatable bonds is 8. The second-order valence-corrected chi connectivity index (χ2v) is 9.00. The molecule has 2 aromatic carbocycles. The normalized spacial score (nSPS) is 11.5. The SMILES string of the molecule is CCN(CC)S(=O)(=O)c1cccc(NC(=O)COC(=O)c2nn(C)c(=O)c3ccccc23)c1. The highest BCUT2D eigenvalue weighted by Gasteiger charge is 2.22. The highest BCUT2D eigenvalue weighted by molar-refractivity contribution is 7.89. The molecule has 0 fully saturated rings. The van der Waals surface area contributed by atoms with E-state index >= 15 is 0 Å². The Morgan fingerprint density at radius 1 is 1.06 bits per heavy atom. The number of amides is 1. The number of ether oxygens (including phenoxy) is 1. The van der Waals surface area contributed by atoms with Crippen molar-refractivity contribution >= 4 is 38.4 Å². The predicted molar refractivity (Wildman–Crippen MR) is 122 cm³/mol. The van der Waals surface area contributed by atoms with Gasteiger partial charge in [-0.05, 0) is 24.3 Å². The van der Waals surface area contributed by atoms with E-state index in [0.29, 0.717) is 23.9 Å². The molecular weight excluding hydrogens is 448 g/mol. The molecule has 11 heteroatoms. The molecule has 1 aromatic heterocycles. The standard InChI is InChI=1S/C22H24N4O6S/c1-4-26(5-2)33(30,31)16-10-8-9-15(13-16)23-19(27)14-32-22(29)20-17-11-6-7-12-18(17)21(28)25(3)24-20/h6-13H,4-5,14H2,1-3H3,(H,23,27). The van der Waals surface area contributed by atoms with Gasteiger partial charge in [-0.25, -0.2) is 17.9 Å². The molecule has 174 valence electrons. The average molecular weight is 473 g/mol. The van der Waals surface area contributed by atoms with Crippen molar-refractivity contribution in [1.29, 1.82) is 0 Å². The number of hydrogen-bond donors (Lipinski definition) is 1. The summed E-state index contributed by atoms with van der Waals surface area (Å²) in [4.78, 5) is 37.1. The van der Waals surface area contributed by atoms with Crippen molar-refractivity contribution in [3.63, 3.8) is 0 Å². The molecule has 0 radical (unpaired) electrons. The summed E-state index contributed by atoms with van der Waals surface area (Å²) in [6, 6.07) is 12.3. The largest absolute Gasteiger partial charge is 0.451 e. The number of aromatic nitrogens is 2. The molecule has 10 nitrogen and oxygen atoms in total.